The van der Waals surface area contributed by atoms with Crippen molar-refractivity contribution in [3.8, 4) is 16.9 Å². The number of benzene rings is 2. The molecule has 0 spiro atoms. The van der Waals surface area contributed by atoms with E-state index in [0.29, 0.717) is 18.2 Å². The topological polar surface area (TPSA) is 67.9 Å². The van der Waals surface area contributed by atoms with Gasteiger partial charge in [0.15, 0.2) is 5.78 Å². The first-order valence-electron chi connectivity index (χ1n) is 12.0. The Balaban J connectivity index is 1.58. The van der Waals surface area contributed by atoms with Gasteiger partial charge in [-0.25, -0.2) is 4.79 Å². The molecule has 1 N–H and O–H groups in total. The summed E-state index contributed by atoms with van der Waals surface area (Å²) in [7, 11) is 3.53. The zero-order chi connectivity index (χ0) is 24.9. The zero-order valence-electron chi connectivity index (χ0n) is 21.3. The van der Waals surface area contributed by atoms with Crippen molar-refractivity contribution in [2.75, 3.05) is 14.2 Å². The molecule has 2 aromatic carbocycles. The number of carbonyl (C=O) groups is 2. The van der Waals surface area contributed by atoms with Crippen LogP contribution in [0.3, 0.4) is 0 Å². The molecule has 3 rings (SSSR count). The van der Waals surface area contributed by atoms with E-state index in [0.717, 1.165) is 48.1 Å². The van der Waals surface area contributed by atoms with Crippen molar-refractivity contribution in [2.24, 2.45) is 0 Å². The number of hydrogen-bond donors (Lipinski definition) is 1. The van der Waals surface area contributed by atoms with Crippen LogP contribution in [0.4, 0.5) is 4.79 Å². The molecule has 1 aliphatic rings. The third-order valence-corrected chi connectivity index (χ3v) is 6.41. The summed E-state index contributed by atoms with van der Waals surface area (Å²) in [4.78, 5) is 25.7. The van der Waals surface area contributed by atoms with Crippen LogP contribution in [0.5, 0.6) is 5.75 Å². The molecule has 0 atom stereocenters. The highest BCUT2D eigenvalue weighted by molar-refractivity contribution is 5.94. The van der Waals surface area contributed by atoms with Gasteiger partial charge < -0.3 is 19.7 Å². The lowest BCUT2D eigenvalue weighted by Gasteiger charge is -2.36. The molecule has 0 bridgehead atoms. The van der Waals surface area contributed by atoms with E-state index in [4.69, 9.17) is 9.47 Å². The maximum Gasteiger partial charge on any atom is 0.410 e. The molecule has 184 valence electrons. The second-order valence-electron chi connectivity index (χ2n) is 10.1. The minimum Gasteiger partial charge on any atom is -0.496 e. The Kier molecular flexibility index (Phi) is 8.37. The summed E-state index contributed by atoms with van der Waals surface area (Å²) >= 11 is 0. The largest absolute Gasteiger partial charge is 0.496 e. The average molecular weight is 467 g/mol. The Labute approximate surface area is 203 Å². The Bertz CT molecular complexity index is 986. The van der Waals surface area contributed by atoms with Crippen LogP contribution in [0, 0.1) is 0 Å². The van der Waals surface area contributed by atoms with Gasteiger partial charge in [-0.2, -0.15) is 0 Å². The summed E-state index contributed by atoms with van der Waals surface area (Å²) in [6, 6.07) is 14.5. The van der Waals surface area contributed by atoms with Crippen LogP contribution in [0.2, 0.25) is 0 Å². The predicted molar refractivity (Wildman–Crippen MR) is 135 cm³/mol. The number of methoxy groups -OCH3 is 1. The summed E-state index contributed by atoms with van der Waals surface area (Å²) in [5.74, 6) is 0.924. The van der Waals surface area contributed by atoms with Crippen molar-refractivity contribution in [2.45, 2.75) is 77.6 Å². The first-order valence-corrected chi connectivity index (χ1v) is 12.0. The van der Waals surface area contributed by atoms with E-state index in [2.05, 4.69) is 11.4 Å². The molecular weight excluding hydrogens is 428 g/mol. The standard InChI is InChI=1S/C28H38N2O4/c1-19(31)20-7-9-21(10-8-20)22-11-16-26(33-6)23(17-22)18-29-24-12-14-25(15-13-24)30(5)27(32)34-28(2,3)4/h7-11,16-17,24-25,29H,12-15,18H2,1-6H3/t24-,25-. The molecule has 6 heteroatoms. The number of ketones is 1. The molecule has 2 aromatic rings. The fourth-order valence-electron chi connectivity index (χ4n) is 4.40. The number of rotatable bonds is 7. The third kappa shape index (κ3) is 6.83. The van der Waals surface area contributed by atoms with E-state index in [1.807, 2.05) is 64.2 Å². The van der Waals surface area contributed by atoms with Crippen LogP contribution in [-0.4, -0.2) is 48.6 Å². The van der Waals surface area contributed by atoms with Gasteiger partial charge in [-0.05, 0) is 76.6 Å². The van der Waals surface area contributed by atoms with Crippen LogP contribution in [0.1, 0.15) is 69.3 Å². The number of nitrogens with one attached hydrogen (secondary N) is 1. The maximum atomic E-state index is 12.4. The predicted octanol–water partition coefficient (Wildman–Crippen LogP) is 5.83. The minimum absolute atomic E-state index is 0.0678. The summed E-state index contributed by atoms with van der Waals surface area (Å²) < 4.78 is 11.1. The number of ether oxygens (including phenoxy) is 2. The summed E-state index contributed by atoms with van der Waals surface area (Å²) in [5.41, 5.74) is 3.50. The first-order chi connectivity index (χ1) is 16.1. The van der Waals surface area contributed by atoms with Crippen molar-refractivity contribution in [3.63, 3.8) is 0 Å². The molecule has 1 saturated carbocycles. The molecule has 0 aromatic heterocycles. The van der Waals surface area contributed by atoms with Crippen molar-refractivity contribution in [1.29, 1.82) is 0 Å². The van der Waals surface area contributed by atoms with Gasteiger partial charge in [0, 0.05) is 36.8 Å². The molecule has 1 amide bonds. The number of carbonyl (C=O) groups excluding carboxylic acids is 2. The number of nitrogens with zero attached hydrogens (tertiary/aromatic N) is 1. The van der Waals surface area contributed by atoms with Gasteiger partial charge in [0.25, 0.3) is 0 Å². The van der Waals surface area contributed by atoms with E-state index in [9.17, 15) is 9.59 Å². The smallest absolute Gasteiger partial charge is 0.410 e. The average Bonchev–Trinajstić information content (AvgIpc) is 2.81. The zero-order valence-corrected chi connectivity index (χ0v) is 21.3. The normalized spacial score (nSPS) is 18.3. The van der Waals surface area contributed by atoms with Gasteiger partial charge >= 0.3 is 6.09 Å². The fourth-order valence-corrected chi connectivity index (χ4v) is 4.40. The molecule has 6 nitrogen and oxygen atoms in total. The highest BCUT2D eigenvalue weighted by Crippen LogP contribution is 2.29. The highest BCUT2D eigenvalue weighted by atomic mass is 16.6. The Morgan fingerprint density at radius 2 is 1.62 bits per heavy atom. The van der Waals surface area contributed by atoms with Gasteiger partial charge in [0.05, 0.1) is 7.11 Å². The fraction of sp³-hybridized carbons (Fsp3) is 0.500. The molecule has 34 heavy (non-hydrogen) atoms. The van der Waals surface area contributed by atoms with Gasteiger partial charge in [0.2, 0.25) is 0 Å². The van der Waals surface area contributed by atoms with Gasteiger partial charge in [-0.3, -0.25) is 4.79 Å². The van der Waals surface area contributed by atoms with Crippen LogP contribution in [-0.2, 0) is 11.3 Å². The monoisotopic (exact) mass is 466 g/mol. The molecule has 1 aliphatic carbocycles. The second-order valence-corrected chi connectivity index (χ2v) is 10.1. The highest BCUT2D eigenvalue weighted by Gasteiger charge is 2.29. The lowest BCUT2D eigenvalue weighted by molar-refractivity contribution is 0.0179. The minimum atomic E-state index is -0.479. The lowest BCUT2D eigenvalue weighted by Crippen LogP contribution is -2.44. The first kappa shape index (κ1) is 25.8. The van der Waals surface area contributed by atoms with Crippen LogP contribution in [0.15, 0.2) is 42.5 Å². The van der Waals surface area contributed by atoms with E-state index >= 15 is 0 Å². The van der Waals surface area contributed by atoms with Crippen molar-refractivity contribution in [1.82, 2.24) is 10.2 Å². The Morgan fingerprint density at radius 3 is 2.18 bits per heavy atom. The number of Topliss-reactive ketones (excluding diaryl/α,β-unsaturated/α-hetero) is 1. The third-order valence-electron chi connectivity index (χ3n) is 6.41. The van der Waals surface area contributed by atoms with Crippen LogP contribution < -0.4 is 10.1 Å². The van der Waals surface area contributed by atoms with Crippen LogP contribution in [0.25, 0.3) is 11.1 Å². The van der Waals surface area contributed by atoms with Gasteiger partial charge in [0.1, 0.15) is 11.4 Å². The molecule has 0 radical (unpaired) electrons. The van der Waals surface area contributed by atoms with E-state index < -0.39 is 5.60 Å². The quantitative estimate of drug-likeness (QED) is 0.520. The van der Waals surface area contributed by atoms with Crippen molar-refractivity contribution in [3.05, 3.63) is 53.6 Å². The SMILES string of the molecule is COc1ccc(-c2ccc(C(C)=O)cc2)cc1CN[C@H]1CC[C@H](N(C)C(=O)OC(C)(C)C)CC1. The summed E-state index contributed by atoms with van der Waals surface area (Å²) in [6.45, 7) is 7.97. The molecule has 1 fully saturated rings. The van der Waals surface area contributed by atoms with E-state index in [1.54, 1.807) is 18.9 Å². The molecule has 0 heterocycles. The van der Waals surface area contributed by atoms with Gasteiger partial charge in [-0.15, -0.1) is 0 Å². The molecule has 0 saturated heterocycles. The second kappa shape index (κ2) is 11.0. The van der Waals surface area contributed by atoms with Crippen molar-refractivity contribution >= 4 is 11.9 Å². The maximum absolute atomic E-state index is 12.4. The Hall–Kier alpha value is -2.86. The Morgan fingerprint density at radius 1 is 1.00 bits per heavy atom. The summed E-state index contributed by atoms with van der Waals surface area (Å²) in [5, 5.41) is 3.68. The van der Waals surface area contributed by atoms with E-state index in [-0.39, 0.29) is 17.9 Å². The molecular formula is C28H38N2O4. The molecule has 0 aliphatic heterocycles. The van der Waals surface area contributed by atoms with Crippen molar-refractivity contribution < 1.29 is 19.1 Å². The number of amides is 1. The lowest BCUT2D eigenvalue weighted by atomic mass is 9.90. The summed E-state index contributed by atoms with van der Waals surface area (Å²) in [6.07, 6.45) is 3.67. The van der Waals surface area contributed by atoms with Gasteiger partial charge in [-0.1, -0.05) is 30.3 Å². The molecule has 0 unspecified atom stereocenters. The van der Waals surface area contributed by atoms with E-state index in [1.165, 1.54) is 0 Å². The van der Waals surface area contributed by atoms with Crippen LogP contribution >= 0.6 is 0 Å². The number of hydrogen-bond acceptors (Lipinski definition) is 5.